The van der Waals surface area contributed by atoms with Gasteiger partial charge in [0.2, 0.25) is 5.91 Å². The average Bonchev–Trinajstić information content (AvgIpc) is 2.65. The van der Waals surface area contributed by atoms with E-state index in [1.165, 1.54) is 6.07 Å². The van der Waals surface area contributed by atoms with Crippen molar-refractivity contribution in [2.24, 2.45) is 0 Å². The van der Waals surface area contributed by atoms with Gasteiger partial charge in [-0.1, -0.05) is 18.2 Å². The summed E-state index contributed by atoms with van der Waals surface area (Å²) >= 11 is 0. The van der Waals surface area contributed by atoms with E-state index < -0.39 is 0 Å². The molecule has 3 aromatic rings. The van der Waals surface area contributed by atoms with Gasteiger partial charge in [-0.25, -0.2) is 9.67 Å². The molecule has 0 unspecified atom stereocenters. The summed E-state index contributed by atoms with van der Waals surface area (Å²) in [4.78, 5) is 28.4. The number of anilines is 1. The number of pyridine rings is 1. The van der Waals surface area contributed by atoms with Crippen molar-refractivity contribution in [3.63, 3.8) is 0 Å². The molecule has 3 rings (SSSR count). The van der Waals surface area contributed by atoms with Gasteiger partial charge in [0.05, 0.1) is 12.8 Å². The monoisotopic (exact) mass is 350 g/mol. The third-order valence-corrected chi connectivity index (χ3v) is 3.79. The Hall–Kier alpha value is -3.48. The van der Waals surface area contributed by atoms with E-state index in [1.807, 2.05) is 37.3 Å². The summed E-state index contributed by atoms with van der Waals surface area (Å²) < 4.78 is 6.33. The first kappa shape index (κ1) is 17.3. The molecule has 132 valence electrons. The van der Waals surface area contributed by atoms with Crippen LogP contribution < -0.4 is 15.6 Å². The Balaban J connectivity index is 1.83. The summed E-state index contributed by atoms with van der Waals surface area (Å²) in [5, 5.41) is 6.98. The highest BCUT2D eigenvalue weighted by Gasteiger charge is 2.10. The first-order chi connectivity index (χ1) is 12.6. The molecular formula is C19H18N4O3. The molecule has 0 spiro atoms. The molecule has 26 heavy (non-hydrogen) atoms. The van der Waals surface area contributed by atoms with Crippen LogP contribution in [0.4, 0.5) is 5.82 Å². The molecule has 0 saturated carbocycles. The number of benzene rings is 1. The van der Waals surface area contributed by atoms with Crippen molar-refractivity contribution in [2.75, 3.05) is 12.4 Å². The zero-order chi connectivity index (χ0) is 18.5. The van der Waals surface area contributed by atoms with E-state index >= 15 is 0 Å². The standard InChI is InChI=1S/C19H18N4O3/c1-13-5-4-10-20-19(13)21-17(24)12-23-18(25)9-8-16(22-23)14-6-3-7-15(11-14)26-2/h3-11H,12H2,1-2H3,(H,20,21,24). The molecule has 1 N–H and O–H groups in total. The number of carbonyl (C=O) groups excluding carboxylic acids is 1. The Bertz CT molecular complexity index is 998. The van der Waals surface area contributed by atoms with Crippen LogP contribution in [0.15, 0.2) is 59.5 Å². The zero-order valence-electron chi connectivity index (χ0n) is 14.5. The number of ether oxygens (including phenoxy) is 1. The number of aromatic nitrogens is 3. The van der Waals surface area contributed by atoms with E-state index in [9.17, 15) is 9.59 Å². The van der Waals surface area contributed by atoms with Crippen LogP contribution in [0.2, 0.25) is 0 Å². The summed E-state index contributed by atoms with van der Waals surface area (Å²) in [5.41, 5.74) is 1.85. The fourth-order valence-electron chi connectivity index (χ4n) is 2.42. The van der Waals surface area contributed by atoms with Crippen molar-refractivity contribution in [1.29, 1.82) is 0 Å². The van der Waals surface area contributed by atoms with Gasteiger partial charge in [-0.3, -0.25) is 9.59 Å². The molecule has 0 saturated heterocycles. The Morgan fingerprint density at radius 2 is 2.04 bits per heavy atom. The van der Waals surface area contributed by atoms with Crippen LogP contribution in [0.25, 0.3) is 11.3 Å². The maximum Gasteiger partial charge on any atom is 0.267 e. The fraction of sp³-hybridized carbons (Fsp3) is 0.158. The van der Waals surface area contributed by atoms with Gasteiger partial charge in [-0.05, 0) is 36.8 Å². The van der Waals surface area contributed by atoms with E-state index in [2.05, 4.69) is 15.4 Å². The number of rotatable bonds is 5. The first-order valence-corrected chi connectivity index (χ1v) is 8.01. The number of amides is 1. The molecule has 7 nitrogen and oxygen atoms in total. The predicted molar refractivity (Wildman–Crippen MR) is 98.1 cm³/mol. The van der Waals surface area contributed by atoms with Crippen molar-refractivity contribution >= 4 is 11.7 Å². The summed E-state index contributed by atoms with van der Waals surface area (Å²) in [6.45, 7) is 1.64. The molecule has 1 aromatic carbocycles. The average molecular weight is 350 g/mol. The normalized spacial score (nSPS) is 10.4. The van der Waals surface area contributed by atoms with Gasteiger partial charge < -0.3 is 10.1 Å². The molecule has 2 aromatic heterocycles. The molecular weight excluding hydrogens is 332 g/mol. The molecule has 2 heterocycles. The highest BCUT2D eigenvalue weighted by Crippen LogP contribution is 2.21. The third-order valence-electron chi connectivity index (χ3n) is 3.79. The van der Waals surface area contributed by atoms with Crippen LogP contribution in [-0.2, 0) is 11.3 Å². The van der Waals surface area contributed by atoms with Crippen LogP contribution in [-0.4, -0.2) is 27.8 Å². The van der Waals surface area contributed by atoms with Gasteiger partial charge in [-0.15, -0.1) is 0 Å². The smallest absolute Gasteiger partial charge is 0.267 e. The Morgan fingerprint density at radius 3 is 2.81 bits per heavy atom. The Morgan fingerprint density at radius 1 is 1.19 bits per heavy atom. The number of aryl methyl sites for hydroxylation is 1. The lowest BCUT2D eigenvalue weighted by molar-refractivity contribution is -0.117. The lowest BCUT2D eigenvalue weighted by Crippen LogP contribution is -2.29. The molecule has 0 radical (unpaired) electrons. The van der Waals surface area contributed by atoms with E-state index in [0.29, 0.717) is 17.3 Å². The van der Waals surface area contributed by atoms with Gasteiger partial charge in [0.15, 0.2) is 0 Å². The second kappa shape index (κ2) is 7.60. The number of nitrogens with one attached hydrogen (secondary N) is 1. The number of hydrogen-bond donors (Lipinski definition) is 1. The van der Waals surface area contributed by atoms with Gasteiger partial charge >= 0.3 is 0 Å². The Kier molecular flexibility index (Phi) is 5.07. The minimum Gasteiger partial charge on any atom is -0.497 e. The van der Waals surface area contributed by atoms with Crippen LogP contribution in [0.3, 0.4) is 0 Å². The van der Waals surface area contributed by atoms with Crippen molar-refractivity contribution in [1.82, 2.24) is 14.8 Å². The van der Waals surface area contributed by atoms with E-state index in [4.69, 9.17) is 4.74 Å². The molecule has 0 fully saturated rings. The van der Waals surface area contributed by atoms with Gasteiger partial charge in [0.25, 0.3) is 5.56 Å². The first-order valence-electron chi connectivity index (χ1n) is 8.01. The number of hydrogen-bond acceptors (Lipinski definition) is 5. The van der Waals surface area contributed by atoms with Crippen molar-refractivity contribution in [3.8, 4) is 17.0 Å². The molecule has 0 aliphatic carbocycles. The lowest BCUT2D eigenvalue weighted by atomic mass is 10.1. The lowest BCUT2D eigenvalue weighted by Gasteiger charge is -2.09. The van der Waals surface area contributed by atoms with E-state index in [-0.39, 0.29) is 18.0 Å². The van der Waals surface area contributed by atoms with Gasteiger partial charge in [-0.2, -0.15) is 5.10 Å². The highest BCUT2D eigenvalue weighted by molar-refractivity contribution is 5.90. The SMILES string of the molecule is COc1cccc(-c2ccc(=O)n(CC(=O)Nc3ncccc3C)n2)c1. The number of methoxy groups -OCH3 is 1. The largest absolute Gasteiger partial charge is 0.497 e. The van der Waals surface area contributed by atoms with Gasteiger partial charge in [0.1, 0.15) is 18.1 Å². The predicted octanol–water partition coefficient (Wildman–Crippen LogP) is 2.26. The number of carbonyl (C=O) groups is 1. The number of nitrogens with zero attached hydrogens (tertiary/aromatic N) is 3. The molecule has 7 heteroatoms. The van der Waals surface area contributed by atoms with Gasteiger partial charge in [0, 0.05) is 17.8 Å². The minimum atomic E-state index is -0.371. The molecule has 0 atom stereocenters. The molecule has 0 aliphatic rings. The third kappa shape index (κ3) is 3.94. The Labute approximate surface area is 150 Å². The maximum absolute atomic E-state index is 12.3. The molecule has 1 amide bonds. The second-order valence-electron chi connectivity index (χ2n) is 5.66. The maximum atomic E-state index is 12.3. The van der Waals surface area contributed by atoms with E-state index in [1.54, 1.807) is 25.4 Å². The van der Waals surface area contributed by atoms with Crippen molar-refractivity contribution < 1.29 is 9.53 Å². The minimum absolute atomic E-state index is 0.202. The topological polar surface area (TPSA) is 86.1 Å². The van der Waals surface area contributed by atoms with Crippen LogP contribution in [0, 0.1) is 6.92 Å². The molecule has 0 aliphatic heterocycles. The van der Waals surface area contributed by atoms with Crippen LogP contribution in [0.1, 0.15) is 5.56 Å². The molecule has 0 bridgehead atoms. The summed E-state index contributed by atoms with van der Waals surface area (Å²) in [6, 6.07) is 14.0. The van der Waals surface area contributed by atoms with Crippen LogP contribution in [0.5, 0.6) is 5.75 Å². The second-order valence-corrected chi connectivity index (χ2v) is 5.66. The zero-order valence-corrected chi connectivity index (χ0v) is 14.5. The van der Waals surface area contributed by atoms with E-state index in [0.717, 1.165) is 15.8 Å². The van der Waals surface area contributed by atoms with Crippen molar-refractivity contribution in [3.05, 3.63) is 70.6 Å². The quantitative estimate of drug-likeness (QED) is 0.763. The fourth-order valence-corrected chi connectivity index (χ4v) is 2.42. The summed E-state index contributed by atoms with van der Waals surface area (Å²) in [7, 11) is 1.58. The van der Waals surface area contributed by atoms with Crippen molar-refractivity contribution in [2.45, 2.75) is 13.5 Å². The summed E-state index contributed by atoms with van der Waals surface area (Å²) in [6.07, 6.45) is 1.59. The highest BCUT2D eigenvalue weighted by atomic mass is 16.5. The summed E-state index contributed by atoms with van der Waals surface area (Å²) in [5.74, 6) is 0.782. The van der Waals surface area contributed by atoms with Crippen LogP contribution >= 0.6 is 0 Å².